The van der Waals surface area contributed by atoms with Gasteiger partial charge in [0.1, 0.15) is 10.4 Å². The maximum Gasteiger partial charge on any atom is 0.277 e. The lowest BCUT2D eigenvalue weighted by Gasteiger charge is -2.14. The molecule has 0 aliphatic heterocycles. The molecule has 0 bridgehead atoms. The van der Waals surface area contributed by atoms with E-state index < -0.39 is 0 Å². The molecule has 0 saturated heterocycles. The molecule has 2 heterocycles. The van der Waals surface area contributed by atoms with Crippen molar-refractivity contribution in [2.45, 2.75) is 27.3 Å². The molecular formula is C20H21BrClN5O2. The van der Waals surface area contributed by atoms with Crippen molar-refractivity contribution in [3.63, 3.8) is 0 Å². The summed E-state index contributed by atoms with van der Waals surface area (Å²) in [4.78, 5) is 20.6. The van der Waals surface area contributed by atoms with E-state index >= 15 is 0 Å². The van der Waals surface area contributed by atoms with Gasteiger partial charge in [-0.05, 0) is 53.0 Å². The van der Waals surface area contributed by atoms with Gasteiger partial charge < -0.3 is 10.1 Å². The van der Waals surface area contributed by atoms with E-state index in [0.717, 1.165) is 17.0 Å². The fourth-order valence-electron chi connectivity index (χ4n) is 2.57. The van der Waals surface area contributed by atoms with Crippen LogP contribution in [-0.2, 0) is 6.54 Å². The highest BCUT2D eigenvalue weighted by Crippen LogP contribution is 2.25. The molecule has 0 spiro atoms. The number of hydrogen-bond acceptors (Lipinski definition) is 5. The third-order valence-electron chi connectivity index (χ3n) is 3.99. The van der Waals surface area contributed by atoms with Gasteiger partial charge in [-0.25, -0.2) is 9.97 Å². The summed E-state index contributed by atoms with van der Waals surface area (Å²) < 4.78 is 8.25. The zero-order valence-corrected chi connectivity index (χ0v) is 18.7. The number of benzene rings is 1. The lowest BCUT2D eigenvalue weighted by Crippen LogP contribution is -2.15. The fourth-order valence-corrected chi connectivity index (χ4v) is 2.97. The number of hydrogen-bond donors (Lipinski definition) is 1. The molecule has 29 heavy (non-hydrogen) atoms. The van der Waals surface area contributed by atoms with Gasteiger partial charge in [-0.15, -0.1) is 0 Å². The summed E-state index contributed by atoms with van der Waals surface area (Å²) in [5.74, 6) is 1.16. The number of carbonyl (C=O) groups is 1. The maximum absolute atomic E-state index is 12.5. The van der Waals surface area contributed by atoms with E-state index in [0.29, 0.717) is 40.2 Å². The standard InChI is InChI=1S/C20H21BrClN5O2/c1-12(2)11-29-17-5-4-15(22)7-14(17)10-27-13(3)6-16(26-27)20(28)25-19-9-23-18(21)8-24-19/h4-9,12H,10-11H2,1-3H3,(H,24,25,28). The Kier molecular flexibility index (Phi) is 6.87. The quantitative estimate of drug-likeness (QED) is 0.531. The first-order chi connectivity index (χ1) is 13.8. The van der Waals surface area contributed by atoms with Crippen LogP contribution in [0.15, 0.2) is 41.3 Å². The fraction of sp³-hybridized carbons (Fsp3) is 0.300. The molecule has 1 N–H and O–H groups in total. The molecule has 152 valence electrons. The van der Waals surface area contributed by atoms with Crippen LogP contribution in [0.2, 0.25) is 5.02 Å². The van der Waals surface area contributed by atoms with Gasteiger partial charge in [0, 0.05) is 16.3 Å². The van der Waals surface area contributed by atoms with Gasteiger partial charge >= 0.3 is 0 Å². The molecule has 0 aliphatic carbocycles. The van der Waals surface area contributed by atoms with Gasteiger partial charge in [0.05, 0.1) is 25.5 Å². The van der Waals surface area contributed by atoms with Gasteiger partial charge in [-0.3, -0.25) is 9.48 Å². The van der Waals surface area contributed by atoms with Crippen LogP contribution >= 0.6 is 27.5 Å². The molecule has 0 aliphatic rings. The van der Waals surface area contributed by atoms with Crippen molar-refractivity contribution in [2.75, 3.05) is 11.9 Å². The smallest absolute Gasteiger partial charge is 0.277 e. The number of ether oxygens (including phenoxy) is 1. The predicted octanol–water partition coefficient (Wildman–Crippen LogP) is 4.73. The molecule has 2 aromatic heterocycles. The predicted molar refractivity (Wildman–Crippen MR) is 116 cm³/mol. The Labute approximate surface area is 182 Å². The molecule has 7 nitrogen and oxygen atoms in total. The molecule has 1 amide bonds. The number of aryl methyl sites for hydroxylation is 1. The zero-order valence-electron chi connectivity index (χ0n) is 16.3. The minimum Gasteiger partial charge on any atom is -0.493 e. The normalized spacial score (nSPS) is 11.0. The van der Waals surface area contributed by atoms with Crippen molar-refractivity contribution in [1.82, 2.24) is 19.7 Å². The van der Waals surface area contributed by atoms with Crippen molar-refractivity contribution < 1.29 is 9.53 Å². The lowest BCUT2D eigenvalue weighted by atomic mass is 10.2. The van der Waals surface area contributed by atoms with Crippen molar-refractivity contribution in [2.24, 2.45) is 5.92 Å². The first kappa shape index (κ1) is 21.3. The zero-order chi connectivity index (χ0) is 21.0. The minimum absolute atomic E-state index is 0.291. The van der Waals surface area contributed by atoms with Gasteiger partial charge in [0.25, 0.3) is 5.91 Å². The largest absolute Gasteiger partial charge is 0.493 e. The first-order valence-corrected chi connectivity index (χ1v) is 10.2. The molecular weight excluding hydrogens is 458 g/mol. The number of nitrogens with one attached hydrogen (secondary N) is 1. The van der Waals surface area contributed by atoms with Crippen LogP contribution in [0.4, 0.5) is 5.82 Å². The summed E-state index contributed by atoms with van der Waals surface area (Å²) in [6.07, 6.45) is 2.98. The van der Waals surface area contributed by atoms with Gasteiger partial charge in [-0.1, -0.05) is 25.4 Å². The van der Waals surface area contributed by atoms with Gasteiger partial charge in [0.2, 0.25) is 0 Å². The highest BCUT2D eigenvalue weighted by Gasteiger charge is 2.15. The van der Waals surface area contributed by atoms with E-state index in [-0.39, 0.29) is 5.91 Å². The summed E-state index contributed by atoms with van der Waals surface area (Å²) in [7, 11) is 0. The Morgan fingerprint density at radius 1 is 1.28 bits per heavy atom. The van der Waals surface area contributed by atoms with Crippen LogP contribution in [0.25, 0.3) is 0 Å². The molecule has 9 heteroatoms. The van der Waals surface area contributed by atoms with Gasteiger partial charge in [-0.2, -0.15) is 5.10 Å². The van der Waals surface area contributed by atoms with Crippen molar-refractivity contribution >= 4 is 39.3 Å². The second-order valence-electron chi connectivity index (χ2n) is 6.96. The third kappa shape index (κ3) is 5.77. The van der Waals surface area contributed by atoms with Crippen LogP contribution in [0.1, 0.15) is 35.6 Å². The molecule has 0 atom stereocenters. The topological polar surface area (TPSA) is 81.9 Å². The highest BCUT2D eigenvalue weighted by molar-refractivity contribution is 9.10. The average molecular weight is 479 g/mol. The van der Waals surface area contributed by atoms with Crippen LogP contribution < -0.4 is 10.1 Å². The molecule has 3 rings (SSSR count). The summed E-state index contributed by atoms with van der Waals surface area (Å²) in [6, 6.07) is 7.24. The average Bonchev–Trinajstić information content (AvgIpc) is 3.03. The van der Waals surface area contributed by atoms with Crippen molar-refractivity contribution in [3.05, 3.63) is 63.2 Å². The SMILES string of the molecule is Cc1cc(C(=O)Nc2cnc(Br)cn2)nn1Cc1cc(Cl)ccc1OCC(C)C. The van der Waals surface area contributed by atoms with Crippen molar-refractivity contribution in [1.29, 1.82) is 0 Å². The second-order valence-corrected chi connectivity index (χ2v) is 8.21. The van der Waals surface area contributed by atoms with Crippen LogP contribution in [0.3, 0.4) is 0 Å². The Bertz CT molecular complexity index is 1000. The summed E-state index contributed by atoms with van der Waals surface area (Å²) >= 11 is 9.39. The van der Waals surface area contributed by atoms with E-state index in [1.807, 2.05) is 19.1 Å². The van der Waals surface area contributed by atoms with Crippen LogP contribution in [0, 0.1) is 12.8 Å². The minimum atomic E-state index is -0.356. The number of aromatic nitrogens is 4. The summed E-state index contributed by atoms with van der Waals surface area (Å²) in [5.41, 5.74) is 2.03. The molecule has 0 saturated carbocycles. The third-order valence-corrected chi connectivity index (χ3v) is 4.64. The molecule has 1 aromatic carbocycles. The van der Waals surface area contributed by atoms with Crippen LogP contribution in [-0.4, -0.2) is 32.3 Å². The Balaban J connectivity index is 1.77. The van der Waals surface area contributed by atoms with Gasteiger partial charge in [0.15, 0.2) is 11.5 Å². The number of carbonyl (C=O) groups excluding carboxylic acids is 1. The van der Waals surface area contributed by atoms with E-state index in [2.05, 4.69) is 50.2 Å². The Morgan fingerprint density at radius 3 is 2.76 bits per heavy atom. The number of amides is 1. The van der Waals surface area contributed by atoms with E-state index in [4.69, 9.17) is 16.3 Å². The number of rotatable bonds is 7. The summed E-state index contributed by atoms with van der Waals surface area (Å²) in [5, 5.41) is 7.74. The number of halogens is 2. The van der Waals surface area contributed by atoms with Crippen LogP contribution in [0.5, 0.6) is 5.75 Å². The van der Waals surface area contributed by atoms with E-state index in [9.17, 15) is 4.79 Å². The Morgan fingerprint density at radius 2 is 2.07 bits per heavy atom. The highest BCUT2D eigenvalue weighted by atomic mass is 79.9. The lowest BCUT2D eigenvalue weighted by molar-refractivity contribution is 0.102. The van der Waals surface area contributed by atoms with E-state index in [1.165, 1.54) is 12.4 Å². The van der Waals surface area contributed by atoms with E-state index in [1.54, 1.807) is 16.8 Å². The molecule has 0 unspecified atom stereocenters. The molecule has 0 radical (unpaired) electrons. The second kappa shape index (κ2) is 9.37. The Hall–Kier alpha value is -2.45. The first-order valence-electron chi connectivity index (χ1n) is 9.06. The maximum atomic E-state index is 12.5. The summed E-state index contributed by atoms with van der Waals surface area (Å²) in [6.45, 7) is 7.12. The van der Waals surface area contributed by atoms with Crippen molar-refractivity contribution in [3.8, 4) is 5.75 Å². The molecule has 3 aromatic rings. The number of anilines is 1. The number of nitrogens with zero attached hydrogens (tertiary/aromatic N) is 4. The monoisotopic (exact) mass is 477 g/mol. The molecule has 0 fully saturated rings.